The summed E-state index contributed by atoms with van der Waals surface area (Å²) in [5.74, 6) is 0. The lowest BCUT2D eigenvalue weighted by Gasteiger charge is -2.38. The number of nitrogens with zero attached hydrogens (tertiary/aromatic N) is 4. The molecule has 146 valence electrons. The van der Waals surface area contributed by atoms with Crippen LogP contribution in [-0.2, 0) is 6.54 Å². The van der Waals surface area contributed by atoms with Crippen LogP contribution in [0.15, 0.2) is 66.9 Å². The summed E-state index contributed by atoms with van der Waals surface area (Å²) in [6.45, 7) is 9.70. The smallest absolute Gasteiger partial charge is 0.0819 e. The molecule has 0 unspecified atom stereocenters. The molecule has 28 heavy (non-hydrogen) atoms. The second-order valence-electron chi connectivity index (χ2n) is 7.61. The van der Waals surface area contributed by atoms with Crippen LogP contribution < -0.4 is 10.2 Å². The van der Waals surface area contributed by atoms with Gasteiger partial charge in [-0.25, -0.2) is 4.68 Å². The van der Waals surface area contributed by atoms with E-state index < -0.39 is 0 Å². The number of para-hydroxylation sites is 1. The van der Waals surface area contributed by atoms with Gasteiger partial charge in [-0.15, -0.1) is 0 Å². The van der Waals surface area contributed by atoms with Gasteiger partial charge in [0, 0.05) is 49.8 Å². The molecule has 1 saturated heterocycles. The van der Waals surface area contributed by atoms with Gasteiger partial charge in [-0.3, -0.25) is 4.90 Å². The fraction of sp³-hybridized carbons (Fsp3) is 0.348. The Kier molecular flexibility index (Phi) is 5.63. The van der Waals surface area contributed by atoms with Crippen molar-refractivity contribution < 1.29 is 0 Å². The molecular formula is C23H29N5. The van der Waals surface area contributed by atoms with E-state index in [9.17, 15) is 0 Å². The first kappa shape index (κ1) is 18.6. The number of piperazine rings is 1. The predicted octanol–water partition coefficient (Wildman–Crippen LogP) is 4.01. The summed E-state index contributed by atoms with van der Waals surface area (Å²) in [5, 5.41) is 8.19. The summed E-state index contributed by atoms with van der Waals surface area (Å²) >= 11 is 0. The van der Waals surface area contributed by atoms with E-state index in [1.54, 1.807) is 0 Å². The van der Waals surface area contributed by atoms with Crippen molar-refractivity contribution in [3.05, 3.63) is 72.6 Å². The zero-order valence-corrected chi connectivity index (χ0v) is 16.8. The highest BCUT2D eigenvalue weighted by molar-refractivity contribution is 5.58. The van der Waals surface area contributed by atoms with E-state index in [0.717, 1.165) is 43.2 Å². The van der Waals surface area contributed by atoms with E-state index in [1.807, 2.05) is 29.1 Å². The van der Waals surface area contributed by atoms with Crippen molar-refractivity contribution >= 4 is 11.4 Å². The van der Waals surface area contributed by atoms with Gasteiger partial charge in [0.05, 0.1) is 17.9 Å². The third kappa shape index (κ3) is 4.37. The highest BCUT2D eigenvalue weighted by atomic mass is 15.3. The minimum absolute atomic E-state index is 0.630. The van der Waals surface area contributed by atoms with E-state index in [2.05, 4.69) is 76.5 Å². The van der Waals surface area contributed by atoms with Gasteiger partial charge in [0.2, 0.25) is 0 Å². The maximum Gasteiger partial charge on any atom is 0.0819 e. The van der Waals surface area contributed by atoms with E-state index in [0.29, 0.717) is 12.6 Å². The first-order valence-corrected chi connectivity index (χ1v) is 10.1. The van der Waals surface area contributed by atoms with Gasteiger partial charge in [-0.1, -0.05) is 24.3 Å². The van der Waals surface area contributed by atoms with Crippen LogP contribution in [0.5, 0.6) is 0 Å². The number of rotatable bonds is 6. The van der Waals surface area contributed by atoms with Gasteiger partial charge in [0.1, 0.15) is 0 Å². The molecule has 1 aromatic heterocycles. The summed E-state index contributed by atoms with van der Waals surface area (Å²) in [4.78, 5) is 5.02. The normalized spacial score (nSPS) is 15.2. The molecule has 0 radical (unpaired) electrons. The van der Waals surface area contributed by atoms with Crippen LogP contribution in [0.25, 0.3) is 5.69 Å². The Morgan fingerprint density at radius 1 is 0.893 bits per heavy atom. The topological polar surface area (TPSA) is 36.3 Å². The maximum absolute atomic E-state index is 4.67. The van der Waals surface area contributed by atoms with Crippen LogP contribution in [0, 0.1) is 0 Å². The zero-order valence-electron chi connectivity index (χ0n) is 16.8. The molecule has 0 bridgehead atoms. The van der Waals surface area contributed by atoms with Crippen LogP contribution in [0.2, 0.25) is 0 Å². The van der Waals surface area contributed by atoms with Crippen molar-refractivity contribution in [3.63, 3.8) is 0 Å². The molecule has 5 nitrogen and oxygen atoms in total. The van der Waals surface area contributed by atoms with Crippen LogP contribution in [0.4, 0.5) is 11.4 Å². The molecule has 1 fully saturated rings. The van der Waals surface area contributed by atoms with Crippen LogP contribution in [0.1, 0.15) is 19.5 Å². The number of aromatic nitrogens is 2. The van der Waals surface area contributed by atoms with E-state index in [4.69, 9.17) is 0 Å². The Labute approximate surface area is 167 Å². The third-order valence-electron chi connectivity index (χ3n) is 5.39. The van der Waals surface area contributed by atoms with Crippen LogP contribution in [-0.4, -0.2) is 46.9 Å². The minimum Gasteiger partial charge on any atom is -0.379 e. The van der Waals surface area contributed by atoms with Crippen LogP contribution in [0.3, 0.4) is 0 Å². The van der Waals surface area contributed by atoms with Crippen molar-refractivity contribution in [1.82, 2.24) is 14.7 Å². The van der Waals surface area contributed by atoms with Gasteiger partial charge in [-0.2, -0.15) is 5.10 Å². The van der Waals surface area contributed by atoms with E-state index in [1.165, 1.54) is 5.69 Å². The second kappa shape index (κ2) is 8.48. The molecule has 2 heterocycles. The van der Waals surface area contributed by atoms with E-state index >= 15 is 0 Å². The van der Waals surface area contributed by atoms with Crippen LogP contribution >= 0.6 is 0 Å². The summed E-state index contributed by atoms with van der Waals surface area (Å²) in [7, 11) is 0. The number of benzene rings is 2. The number of hydrogen-bond donors (Lipinski definition) is 1. The van der Waals surface area contributed by atoms with Crippen molar-refractivity contribution in [1.29, 1.82) is 0 Å². The molecule has 1 aliphatic rings. The Hall–Kier alpha value is -2.79. The van der Waals surface area contributed by atoms with E-state index in [-0.39, 0.29) is 0 Å². The maximum atomic E-state index is 4.67. The molecule has 0 saturated carbocycles. The van der Waals surface area contributed by atoms with Crippen molar-refractivity contribution in [2.24, 2.45) is 0 Å². The summed E-state index contributed by atoms with van der Waals surface area (Å²) in [5.41, 5.74) is 4.54. The average molecular weight is 376 g/mol. The predicted molar refractivity (Wildman–Crippen MR) is 116 cm³/mol. The molecule has 0 amide bonds. The summed E-state index contributed by atoms with van der Waals surface area (Å²) < 4.78 is 1.92. The van der Waals surface area contributed by atoms with Gasteiger partial charge < -0.3 is 10.2 Å². The molecule has 0 spiro atoms. The van der Waals surface area contributed by atoms with Crippen molar-refractivity contribution in [2.45, 2.75) is 26.4 Å². The Balaban J connectivity index is 1.36. The fourth-order valence-electron chi connectivity index (χ4n) is 3.68. The quantitative estimate of drug-likeness (QED) is 0.706. The van der Waals surface area contributed by atoms with Crippen molar-refractivity contribution in [2.75, 3.05) is 36.4 Å². The van der Waals surface area contributed by atoms with Gasteiger partial charge in [0.25, 0.3) is 0 Å². The molecule has 2 aromatic carbocycles. The fourth-order valence-corrected chi connectivity index (χ4v) is 3.68. The lowest BCUT2D eigenvalue weighted by molar-refractivity contribution is 0.209. The molecular weight excluding hydrogens is 346 g/mol. The molecule has 4 rings (SSSR count). The molecule has 0 atom stereocenters. The highest BCUT2D eigenvalue weighted by Crippen LogP contribution is 2.22. The van der Waals surface area contributed by atoms with Gasteiger partial charge >= 0.3 is 0 Å². The first-order chi connectivity index (χ1) is 13.7. The van der Waals surface area contributed by atoms with Gasteiger partial charge in [0.15, 0.2) is 0 Å². The zero-order chi connectivity index (χ0) is 19.3. The Morgan fingerprint density at radius 2 is 1.64 bits per heavy atom. The van der Waals surface area contributed by atoms with Crippen molar-refractivity contribution in [3.8, 4) is 5.69 Å². The summed E-state index contributed by atoms with van der Waals surface area (Å²) in [6, 6.07) is 21.6. The lowest BCUT2D eigenvalue weighted by atomic mass is 10.2. The first-order valence-electron chi connectivity index (χ1n) is 10.1. The third-order valence-corrected chi connectivity index (χ3v) is 5.39. The molecule has 5 heteroatoms. The molecule has 0 aliphatic carbocycles. The standard InChI is InChI=1S/C23H29N5/c1-19(2)26-13-15-27(16-14-26)23-10-6-7-20(17-23)24-18-21-11-12-28(25-21)22-8-4-3-5-9-22/h3-12,17,19,24H,13-16,18H2,1-2H3. The minimum atomic E-state index is 0.630. The Morgan fingerprint density at radius 3 is 2.39 bits per heavy atom. The lowest BCUT2D eigenvalue weighted by Crippen LogP contribution is -2.48. The Bertz CT molecular complexity index is 879. The molecule has 3 aromatic rings. The average Bonchev–Trinajstić information content (AvgIpc) is 3.22. The number of anilines is 2. The monoisotopic (exact) mass is 375 g/mol. The second-order valence-corrected chi connectivity index (χ2v) is 7.61. The number of hydrogen-bond acceptors (Lipinski definition) is 4. The summed E-state index contributed by atoms with van der Waals surface area (Å²) in [6.07, 6.45) is 2.01. The number of nitrogens with one attached hydrogen (secondary N) is 1. The molecule has 1 N–H and O–H groups in total. The van der Waals surface area contributed by atoms with Gasteiger partial charge in [-0.05, 0) is 50.2 Å². The largest absolute Gasteiger partial charge is 0.379 e. The SMILES string of the molecule is CC(C)N1CCN(c2cccc(NCc3ccn(-c4ccccc4)n3)c2)CC1. The highest BCUT2D eigenvalue weighted by Gasteiger charge is 2.19. The molecule has 1 aliphatic heterocycles.